The molecule has 1 unspecified atom stereocenters. The fraction of sp³-hybridized carbons (Fsp3) is 0.615. The summed E-state index contributed by atoms with van der Waals surface area (Å²) in [6.07, 6.45) is 6.56. The van der Waals surface area contributed by atoms with Crippen LogP contribution in [0.15, 0.2) is 18.5 Å². The van der Waals surface area contributed by atoms with E-state index in [1.807, 2.05) is 0 Å². The first-order valence-electron chi connectivity index (χ1n) is 5.99. The minimum atomic E-state index is -0.245. The summed E-state index contributed by atoms with van der Waals surface area (Å²) in [5.74, 6) is -0.245. The van der Waals surface area contributed by atoms with E-state index in [2.05, 4.69) is 24.1 Å². The Hall–Kier alpha value is -0.960. The molecule has 2 nitrogen and oxygen atoms in total. The highest BCUT2D eigenvalue weighted by Crippen LogP contribution is 2.54. The predicted octanol–water partition coefficient (Wildman–Crippen LogP) is 3.06. The molecule has 88 valence electrons. The van der Waals surface area contributed by atoms with Gasteiger partial charge in [0.1, 0.15) is 5.82 Å². The maximum absolute atomic E-state index is 13.2. The van der Waals surface area contributed by atoms with E-state index in [0.29, 0.717) is 5.41 Å². The van der Waals surface area contributed by atoms with Crippen LogP contribution >= 0.6 is 0 Å². The maximum Gasteiger partial charge on any atom is 0.141 e. The summed E-state index contributed by atoms with van der Waals surface area (Å²) in [6.45, 7) is 5.37. The van der Waals surface area contributed by atoms with Gasteiger partial charge in [0.05, 0.1) is 6.20 Å². The lowest BCUT2D eigenvalue weighted by Crippen LogP contribution is -2.28. The first-order chi connectivity index (χ1) is 7.65. The van der Waals surface area contributed by atoms with Crippen molar-refractivity contribution < 1.29 is 4.39 Å². The van der Waals surface area contributed by atoms with Crippen molar-refractivity contribution >= 4 is 0 Å². The topological polar surface area (TPSA) is 24.9 Å². The largest absolute Gasteiger partial charge is 0.309 e. The van der Waals surface area contributed by atoms with Gasteiger partial charge in [-0.15, -0.1) is 0 Å². The van der Waals surface area contributed by atoms with Crippen molar-refractivity contribution in [2.24, 2.45) is 5.41 Å². The number of nitrogens with one attached hydrogen (secondary N) is 1. The second-order valence-electron chi connectivity index (χ2n) is 4.98. The van der Waals surface area contributed by atoms with Gasteiger partial charge in [0, 0.05) is 12.2 Å². The van der Waals surface area contributed by atoms with Gasteiger partial charge in [0.25, 0.3) is 0 Å². The Morgan fingerprint density at radius 3 is 2.81 bits per heavy atom. The third kappa shape index (κ3) is 2.40. The predicted molar refractivity (Wildman–Crippen MR) is 62.6 cm³/mol. The Morgan fingerprint density at radius 1 is 1.50 bits per heavy atom. The van der Waals surface area contributed by atoms with Crippen molar-refractivity contribution in [1.82, 2.24) is 10.3 Å². The SMILES string of the molecule is CCCNC(c1cncc(F)c1)C1(C)CC1. The zero-order valence-corrected chi connectivity index (χ0v) is 9.96. The van der Waals surface area contributed by atoms with Crippen LogP contribution in [0, 0.1) is 11.2 Å². The van der Waals surface area contributed by atoms with E-state index in [-0.39, 0.29) is 11.9 Å². The van der Waals surface area contributed by atoms with Crippen LogP contribution in [0.1, 0.15) is 44.7 Å². The van der Waals surface area contributed by atoms with Crippen LogP contribution < -0.4 is 5.32 Å². The normalized spacial score (nSPS) is 19.4. The van der Waals surface area contributed by atoms with Gasteiger partial charge < -0.3 is 5.32 Å². The molecule has 1 N–H and O–H groups in total. The number of rotatable bonds is 5. The van der Waals surface area contributed by atoms with Gasteiger partial charge in [-0.3, -0.25) is 4.98 Å². The molecule has 1 aliphatic carbocycles. The summed E-state index contributed by atoms with van der Waals surface area (Å²) >= 11 is 0. The lowest BCUT2D eigenvalue weighted by Gasteiger charge is -2.25. The van der Waals surface area contributed by atoms with Crippen LogP contribution in [0.2, 0.25) is 0 Å². The van der Waals surface area contributed by atoms with Gasteiger partial charge in [-0.2, -0.15) is 0 Å². The Balaban J connectivity index is 2.18. The van der Waals surface area contributed by atoms with Crippen molar-refractivity contribution in [1.29, 1.82) is 0 Å². The third-order valence-electron chi connectivity index (χ3n) is 3.39. The van der Waals surface area contributed by atoms with E-state index in [0.717, 1.165) is 18.5 Å². The van der Waals surface area contributed by atoms with E-state index >= 15 is 0 Å². The van der Waals surface area contributed by atoms with Crippen LogP contribution in [0.5, 0.6) is 0 Å². The molecule has 0 spiro atoms. The molecule has 16 heavy (non-hydrogen) atoms. The number of aromatic nitrogens is 1. The number of nitrogens with zero attached hydrogens (tertiary/aromatic N) is 1. The maximum atomic E-state index is 13.2. The quantitative estimate of drug-likeness (QED) is 0.828. The Labute approximate surface area is 96.3 Å². The first-order valence-corrected chi connectivity index (χ1v) is 5.99. The highest BCUT2D eigenvalue weighted by Gasteiger charge is 2.45. The molecule has 1 aromatic rings. The monoisotopic (exact) mass is 222 g/mol. The number of pyridine rings is 1. The lowest BCUT2D eigenvalue weighted by atomic mass is 9.92. The molecule has 0 aliphatic heterocycles. The molecule has 0 aromatic carbocycles. The van der Waals surface area contributed by atoms with Crippen molar-refractivity contribution in [3.8, 4) is 0 Å². The van der Waals surface area contributed by atoms with E-state index < -0.39 is 0 Å². The van der Waals surface area contributed by atoms with Crippen LogP contribution in [0.25, 0.3) is 0 Å². The van der Waals surface area contributed by atoms with Crippen LogP contribution in [0.4, 0.5) is 4.39 Å². The molecule has 0 amide bonds. The minimum Gasteiger partial charge on any atom is -0.309 e. The standard InChI is InChI=1S/C13H19FN2/c1-3-6-16-12(13(2)4-5-13)10-7-11(14)9-15-8-10/h7-9,12,16H,3-6H2,1-2H3. The van der Waals surface area contributed by atoms with Gasteiger partial charge >= 0.3 is 0 Å². The minimum absolute atomic E-state index is 0.245. The summed E-state index contributed by atoms with van der Waals surface area (Å²) in [4.78, 5) is 3.94. The van der Waals surface area contributed by atoms with E-state index in [4.69, 9.17) is 0 Å². The number of halogens is 1. The average molecular weight is 222 g/mol. The third-order valence-corrected chi connectivity index (χ3v) is 3.39. The van der Waals surface area contributed by atoms with Gasteiger partial charge in [-0.25, -0.2) is 4.39 Å². The Kier molecular flexibility index (Phi) is 3.24. The van der Waals surface area contributed by atoms with E-state index in [1.54, 1.807) is 12.3 Å². The molecular weight excluding hydrogens is 203 g/mol. The highest BCUT2D eigenvalue weighted by atomic mass is 19.1. The zero-order chi connectivity index (χ0) is 11.6. The molecule has 0 bridgehead atoms. The zero-order valence-electron chi connectivity index (χ0n) is 9.96. The van der Waals surface area contributed by atoms with Crippen molar-refractivity contribution in [2.75, 3.05) is 6.54 Å². The molecule has 1 aliphatic rings. The Bertz CT molecular complexity index is 361. The molecular formula is C13H19FN2. The van der Waals surface area contributed by atoms with Crippen molar-refractivity contribution in [2.45, 2.75) is 39.2 Å². The highest BCUT2D eigenvalue weighted by molar-refractivity contribution is 5.20. The molecule has 1 atom stereocenters. The molecule has 0 radical (unpaired) electrons. The molecule has 2 rings (SSSR count). The summed E-state index contributed by atoms with van der Waals surface area (Å²) in [5.41, 5.74) is 1.28. The molecule has 1 heterocycles. The summed E-state index contributed by atoms with van der Waals surface area (Å²) in [7, 11) is 0. The number of hydrogen-bond acceptors (Lipinski definition) is 2. The molecule has 1 saturated carbocycles. The lowest BCUT2D eigenvalue weighted by molar-refractivity contribution is 0.364. The van der Waals surface area contributed by atoms with Crippen LogP contribution in [-0.2, 0) is 0 Å². The van der Waals surface area contributed by atoms with Gasteiger partial charge in [0.15, 0.2) is 0 Å². The van der Waals surface area contributed by atoms with Gasteiger partial charge in [-0.05, 0) is 42.9 Å². The Morgan fingerprint density at radius 2 is 2.25 bits per heavy atom. The second-order valence-corrected chi connectivity index (χ2v) is 4.98. The molecule has 0 saturated heterocycles. The van der Waals surface area contributed by atoms with Crippen LogP contribution in [-0.4, -0.2) is 11.5 Å². The van der Waals surface area contributed by atoms with E-state index in [1.165, 1.54) is 19.0 Å². The van der Waals surface area contributed by atoms with Crippen LogP contribution in [0.3, 0.4) is 0 Å². The average Bonchev–Trinajstić information content (AvgIpc) is 2.98. The fourth-order valence-corrected chi connectivity index (χ4v) is 2.13. The van der Waals surface area contributed by atoms with E-state index in [9.17, 15) is 4.39 Å². The first kappa shape index (κ1) is 11.5. The van der Waals surface area contributed by atoms with Crippen molar-refractivity contribution in [3.05, 3.63) is 29.8 Å². The summed E-state index contributed by atoms with van der Waals surface area (Å²) in [5, 5.41) is 3.51. The fourth-order valence-electron chi connectivity index (χ4n) is 2.13. The number of hydrogen-bond donors (Lipinski definition) is 1. The van der Waals surface area contributed by atoms with Gasteiger partial charge in [0.2, 0.25) is 0 Å². The summed E-state index contributed by atoms with van der Waals surface area (Å²) < 4.78 is 13.2. The second kappa shape index (κ2) is 4.50. The smallest absolute Gasteiger partial charge is 0.141 e. The summed E-state index contributed by atoms with van der Waals surface area (Å²) in [6, 6.07) is 1.85. The van der Waals surface area contributed by atoms with Crippen molar-refractivity contribution in [3.63, 3.8) is 0 Å². The molecule has 1 fully saturated rings. The van der Waals surface area contributed by atoms with Gasteiger partial charge in [-0.1, -0.05) is 13.8 Å². The molecule has 1 aromatic heterocycles. The molecule has 3 heteroatoms.